The van der Waals surface area contributed by atoms with Gasteiger partial charge in [-0.3, -0.25) is 4.90 Å². The number of piperazine rings is 1. The number of likely N-dealkylation sites (N-methyl/N-ethyl adjacent to an activating group) is 2. The Balaban J connectivity index is 1.95. The van der Waals surface area contributed by atoms with Crippen molar-refractivity contribution in [3.8, 4) is 0 Å². The Labute approximate surface area is 125 Å². The summed E-state index contributed by atoms with van der Waals surface area (Å²) in [5.41, 5.74) is 0. The van der Waals surface area contributed by atoms with E-state index in [0.717, 1.165) is 32.6 Å². The van der Waals surface area contributed by atoms with Gasteiger partial charge in [-0.2, -0.15) is 4.98 Å². The molecule has 21 heavy (non-hydrogen) atoms. The number of halogens is 1. The van der Waals surface area contributed by atoms with E-state index in [2.05, 4.69) is 51.4 Å². The molecule has 2 heterocycles. The van der Waals surface area contributed by atoms with Crippen LogP contribution in [0.1, 0.15) is 13.3 Å². The lowest BCUT2D eigenvalue weighted by molar-refractivity contribution is 0.121. The summed E-state index contributed by atoms with van der Waals surface area (Å²) in [6.07, 6.45) is 2.19. The first-order valence-electron chi connectivity index (χ1n) is 7.49. The Morgan fingerprint density at radius 1 is 1.33 bits per heavy atom. The molecule has 6 nitrogen and oxygen atoms in total. The largest absolute Gasteiger partial charge is 0.366 e. The lowest BCUT2D eigenvalue weighted by Gasteiger charge is -2.37. The summed E-state index contributed by atoms with van der Waals surface area (Å²) < 4.78 is 13.8. The van der Waals surface area contributed by atoms with Crippen molar-refractivity contribution >= 4 is 11.8 Å². The third-order valence-electron chi connectivity index (χ3n) is 3.76. The van der Waals surface area contributed by atoms with Crippen molar-refractivity contribution in [3.05, 3.63) is 12.0 Å². The van der Waals surface area contributed by atoms with E-state index in [0.29, 0.717) is 18.5 Å². The van der Waals surface area contributed by atoms with E-state index in [1.165, 1.54) is 6.20 Å². The van der Waals surface area contributed by atoms with Crippen molar-refractivity contribution in [2.75, 3.05) is 57.5 Å². The molecule has 1 unspecified atom stereocenters. The minimum Gasteiger partial charge on any atom is -0.366 e. The van der Waals surface area contributed by atoms with Gasteiger partial charge in [-0.15, -0.1) is 0 Å². The molecule has 118 valence electrons. The van der Waals surface area contributed by atoms with Gasteiger partial charge in [0.1, 0.15) is 0 Å². The van der Waals surface area contributed by atoms with Crippen molar-refractivity contribution in [2.24, 2.45) is 0 Å². The maximum absolute atomic E-state index is 13.8. The molecule has 1 saturated heterocycles. The summed E-state index contributed by atoms with van der Waals surface area (Å²) in [4.78, 5) is 12.7. The zero-order valence-corrected chi connectivity index (χ0v) is 13.1. The average molecular weight is 296 g/mol. The summed E-state index contributed by atoms with van der Waals surface area (Å²) in [6.45, 7) is 6.57. The molecule has 1 atom stereocenters. The van der Waals surface area contributed by atoms with Crippen LogP contribution in [0.25, 0.3) is 0 Å². The van der Waals surface area contributed by atoms with Gasteiger partial charge in [0.2, 0.25) is 5.95 Å². The molecule has 1 aromatic heterocycles. The van der Waals surface area contributed by atoms with Crippen LogP contribution >= 0.6 is 0 Å². The quantitative estimate of drug-likeness (QED) is 0.820. The van der Waals surface area contributed by atoms with Crippen LogP contribution in [-0.2, 0) is 0 Å². The van der Waals surface area contributed by atoms with Gasteiger partial charge in [0.15, 0.2) is 11.6 Å². The second-order valence-corrected chi connectivity index (χ2v) is 5.59. The zero-order chi connectivity index (χ0) is 15.2. The summed E-state index contributed by atoms with van der Waals surface area (Å²) >= 11 is 0. The molecule has 1 aliphatic rings. The molecule has 0 radical (unpaired) electrons. The van der Waals surface area contributed by atoms with Crippen LogP contribution < -0.4 is 10.6 Å². The van der Waals surface area contributed by atoms with E-state index >= 15 is 0 Å². The number of nitrogens with one attached hydrogen (secondary N) is 2. The average Bonchev–Trinajstić information content (AvgIpc) is 2.48. The van der Waals surface area contributed by atoms with Gasteiger partial charge >= 0.3 is 0 Å². The summed E-state index contributed by atoms with van der Waals surface area (Å²) in [6, 6.07) is 0.352. The van der Waals surface area contributed by atoms with E-state index in [1.807, 2.05) is 0 Å². The molecule has 0 aromatic carbocycles. The highest BCUT2D eigenvalue weighted by Crippen LogP contribution is 2.13. The predicted molar refractivity (Wildman–Crippen MR) is 83.2 cm³/mol. The number of nitrogens with zero attached hydrogens (tertiary/aromatic N) is 4. The fourth-order valence-corrected chi connectivity index (χ4v) is 2.35. The van der Waals surface area contributed by atoms with Crippen LogP contribution in [0.4, 0.5) is 16.2 Å². The zero-order valence-electron chi connectivity index (χ0n) is 13.1. The van der Waals surface area contributed by atoms with Gasteiger partial charge in [0.05, 0.1) is 6.20 Å². The molecule has 1 aliphatic heterocycles. The predicted octanol–water partition coefficient (Wildman–Crippen LogP) is 1.10. The molecule has 1 fully saturated rings. The van der Waals surface area contributed by atoms with Crippen LogP contribution in [0.3, 0.4) is 0 Å². The van der Waals surface area contributed by atoms with Gasteiger partial charge in [-0.05, 0) is 20.5 Å². The Morgan fingerprint density at radius 2 is 2.14 bits per heavy atom. The van der Waals surface area contributed by atoms with Gasteiger partial charge < -0.3 is 15.5 Å². The van der Waals surface area contributed by atoms with E-state index in [4.69, 9.17) is 0 Å². The van der Waals surface area contributed by atoms with E-state index in [1.54, 1.807) is 0 Å². The summed E-state index contributed by atoms with van der Waals surface area (Å²) in [5.74, 6) is 0.323. The van der Waals surface area contributed by atoms with Gasteiger partial charge in [-0.1, -0.05) is 6.92 Å². The molecule has 0 aliphatic carbocycles. The van der Waals surface area contributed by atoms with Crippen molar-refractivity contribution in [1.82, 2.24) is 19.8 Å². The second kappa shape index (κ2) is 7.51. The highest BCUT2D eigenvalue weighted by molar-refractivity contribution is 5.41. The van der Waals surface area contributed by atoms with Crippen molar-refractivity contribution in [2.45, 2.75) is 19.4 Å². The van der Waals surface area contributed by atoms with Gasteiger partial charge in [0, 0.05) is 38.8 Å². The van der Waals surface area contributed by atoms with Crippen LogP contribution in [-0.4, -0.2) is 72.6 Å². The fourth-order valence-electron chi connectivity index (χ4n) is 2.35. The van der Waals surface area contributed by atoms with Gasteiger partial charge in [0.25, 0.3) is 0 Å². The Bertz CT molecular complexity index is 455. The second-order valence-electron chi connectivity index (χ2n) is 5.59. The van der Waals surface area contributed by atoms with Crippen LogP contribution in [0.5, 0.6) is 0 Å². The smallest absolute Gasteiger partial charge is 0.224 e. The molecule has 0 amide bonds. The number of aromatic nitrogens is 2. The summed E-state index contributed by atoms with van der Waals surface area (Å²) in [7, 11) is 4.21. The third kappa shape index (κ3) is 4.50. The lowest BCUT2D eigenvalue weighted by Crippen LogP contribution is -2.52. The highest BCUT2D eigenvalue weighted by Gasteiger charge is 2.22. The Morgan fingerprint density at radius 3 is 2.90 bits per heavy atom. The first-order chi connectivity index (χ1) is 10.1. The highest BCUT2D eigenvalue weighted by atomic mass is 19.1. The van der Waals surface area contributed by atoms with Crippen molar-refractivity contribution < 1.29 is 4.39 Å². The number of anilines is 2. The molecule has 2 N–H and O–H groups in total. The standard InChI is InChI=1S/C14H25FN6/c1-4-5-16-14-18-9-12(15)13(19-14)17-8-11-10-20(2)6-7-21(11)3/h9,11H,4-8,10H2,1-3H3,(H2,16,17,18,19). The fraction of sp³-hybridized carbons (Fsp3) is 0.714. The summed E-state index contributed by atoms with van der Waals surface area (Å²) in [5, 5.41) is 6.18. The molecule has 0 bridgehead atoms. The monoisotopic (exact) mass is 296 g/mol. The van der Waals surface area contributed by atoms with Crippen molar-refractivity contribution in [3.63, 3.8) is 0 Å². The molecular formula is C14H25FN6. The minimum absolute atomic E-state index is 0.269. The number of rotatable bonds is 6. The SMILES string of the molecule is CCCNc1ncc(F)c(NCC2CN(C)CCN2C)n1. The number of hydrogen-bond donors (Lipinski definition) is 2. The van der Waals surface area contributed by atoms with Crippen LogP contribution in [0, 0.1) is 5.82 Å². The lowest BCUT2D eigenvalue weighted by atomic mass is 10.2. The van der Waals surface area contributed by atoms with E-state index in [-0.39, 0.29) is 5.82 Å². The number of hydrogen-bond acceptors (Lipinski definition) is 6. The normalized spacial score (nSPS) is 20.5. The van der Waals surface area contributed by atoms with E-state index in [9.17, 15) is 4.39 Å². The van der Waals surface area contributed by atoms with Crippen molar-refractivity contribution in [1.29, 1.82) is 0 Å². The molecule has 0 spiro atoms. The molecule has 1 aromatic rings. The molecule has 0 saturated carbocycles. The van der Waals surface area contributed by atoms with E-state index < -0.39 is 5.82 Å². The van der Waals surface area contributed by atoms with Crippen LogP contribution in [0.2, 0.25) is 0 Å². The third-order valence-corrected chi connectivity index (χ3v) is 3.76. The first kappa shape index (κ1) is 15.9. The maximum atomic E-state index is 13.8. The maximum Gasteiger partial charge on any atom is 0.224 e. The Hall–Kier alpha value is -1.47. The van der Waals surface area contributed by atoms with Gasteiger partial charge in [-0.25, -0.2) is 9.37 Å². The first-order valence-corrected chi connectivity index (χ1v) is 7.49. The minimum atomic E-state index is -0.413. The molecule has 7 heteroatoms. The topological polar surface area (TPSA) is 56.3 Å². The molecule has 2 rings (SSSR count). The van der Waals surface area contributed by atoms with Crippen LogP contribution in [0.15, 0.2) is 6.20 Å². The molecular weight excluding hydrogens is 271 g/mol. The Kier molecular flexibility index (Phi) is 5.69.